The van der Waals surface area contributed by atoms with Gasteiger partial charge in [-0.25, -0.2) is 0 Å². The number of ketones is 1. The lowest BCUT2D eigenvalue weighted by Crippen LogP contribution is -2.32. The molecule has 35 heavy (non-hydrogen) atoms. The van der Waals surface area contributed by atoms with Gasteiger partial charge in [-0.1, -0.05) is 35.9 Å². The zero-order chi connectivity index (χ0) is 24.9. The minimum Gasteiger partial charge on any atom is -0.507 e. The first-order valence-corrected chi connectivity index (χ1v) is 12.5. The van der Waals surface area contributed by atoms with Crippen molar-refractivity contribution < 1.29 is 19.4 Å². The number of Topliss-reactive ketones (excluding diaryl/α,β-unsaturated/α-hetero) is 1. The van der Waals surface area contributed by atoms with Gasteiger partial charge in [0.05, 0.1) is 11.6 Å². The summed E-state index contributed by atoms with van der Waals surface area (Å²) < 4.78 is 5.88. The fourth-order valence-corrected chi connectivity index (χ4v) is 5.09. The Morgan fingerprint density at radius 3 is 2.51 bits per heavy atom. The van der Waals surface area contributed by atoms with E-state index < -0.39 is 17.7 Å². The van der Waals surface area contributed by atoms with E-state index in [0.717, 1.165) is 23.4 Å². The maximum Gasteiger partial charge on any atom is 0.295 e. The molecule has 0 aliphatic carbocycles. The van der Waals surface area contributed by atoms with Gasteiger partial charge in [-0.15, -0.1) is 11.3 Å². The molecule has 182 valence electrons. The summed E-state index contributed by atoms with van der Waals surface area (Å²) in [5.74, 6) is -0.726. The van der Waals surface area contributed by atoms with E-state index in [0.29, 0.717) is 24.5 Å². The number of amides is 1. The molecule has 0 radical (unpaired) electrons. The molecule has 1 amide bonds. The van der Waals surface area contributed by atoms with Crippen LogP contribution in [0.2, 0.25) is 0 Å². The molecule has 2 heterocycles. The summed E-state index contributed by atoms with van der Waals surface area (Å²) in [5.41, 5.74) is 2.85. The van der Waals surface area contributed by atoms with Gasteiger partial charge in [0.2, 0.25) is 0 Å². The summed E-state index contributed by atoms with van der Waals surface area (Å²) in [6.45, 7) is 3.71. The number of aryl methyl sites for hydroxylation is 1. The maximum absolute atomic E-state index is 13.0. The summed E-state index contributed by atoms with van der Waals surface area (Å²) in [5, 5.41) is 13.1. The second-order valence-corrected chi connectivity index (χ2v) is 9.95. The third kappa shape index (κ3) is 5.63. The van der Waals surface area contributed by atoms with Gasteiger partial charge in [0.25, 0.3) is 11.7 Å². The van der Waals surface area contributed by atoms with Gasteiger partial charge in [0, 0.05) is 17.0 Å². The minimum atomic E-state index is -0.648. The second-order valence-electron chi connectivity index (χ2n) is 8.97. The molecular weight excluding hydrogens is 460 g/mol. The predicted molar refractivity (Wildman–Crippen MR) is 138 cm³/mol. The van der Waals surface area contributed by atoms with Crippen molar-refractivity contribution in [2.24, 2.45) is 0 Å². The van der Waals surface area contributed by atoms with Crippen LogP contribution in [-0.4, -0.2) is 53.8 Å². The van der Waals surface area contributed by atoms with Crippen LogP contribution < -0.4 is 4.74 Å². The summed E-state index contributed by atoms with van der Waals surface area (Å²) in [4.78, 5) is 30.5. The summed E-state index contributed by atoms with van der Waals surface area (Å²) in [7, 11) is 3.94. The quantitative estimate of drug-likeness (QED) is 0.259. The van der Waals surface area contributed by atoms with Crippen LogP contribution in [-0.2, 0) is 16.2 Å². The van der Waals surface area contributed by atoms with Gasteiger partial charge in [0.1, 0.15) is 18.1 Å². The number of aliphatic hydroxyl groups is 1. The molecule has 1 fully saturated rings. The Kier molecular flexibility index (Phi) is 7.68. The number of nitrogens with zero attached hydrogens (tertiary/aromatic N) is 2. The van der Waals surface area contributed by atoms with Crippen molar-refractivity contribution in [3.8, 4) is 5.75 Å². The van der Waals surface area contributed by atoms with Crippen LogP contribution >= 0.6 is 11.3 Å². The van der Waals surface area contributed by atoms with Crippen molar-refractivity contribution in [1.29, 1.82) is 0 Å². The second kappa shape index (κ2) is 10.9. The number of hydrogen-bond donors (Lipinski definition) is 1. The zero-order valence-corrected chi connectivity index (χ0v) is 21.0. The number of aliphatic hydroxyl groups excluding tert-OH is 1. The SMILES string of the molecule is Cc1cccc(COc2ccc(C(O)=C3C(=O)C(=O)N(CCCN(C)C)[C@@H]3c3cccs3)cc2)c1. The van der Waals surface area contributed by atoms with Crippen LogP contribution in [0, 0.1) is 6.92 Å². The molecule has 4 rings (SSSR count). The first-order chi connectivity index (χ1) is 16.8. The fraction of sp³-hybridized carbons (Fsp3) is 0.286. The highest BCUT2D eigenvalue weighted by molar-refractivity contribution is 7.10. The highest BCUT2D eigenvalue weighted by atomic mass is 32.1. The lowest BCUT2D eigenvalue weighted by molar-refractivity contribution is -0.139. The minimum absolute atomic E-state index is 0.135. The Hall–Kier alpha value is -3.42. The van der Waals surface area contributed by atoms with Crippen molar-refractivity contribution in [1.82, 2.24) is 9.80 Å². The molecule has 0 saturated carbocycles. The van der Waals surface area contributed by atoms with Gasteiger partial charge in [-0.05, 0) is 75.3 Å². The molecule has 2 aromatic carbocycles. The Morgan fingerprint density at radius 1 is 1.09 bits per heavy atom. The van der Waals surface area contributed by atoms with Crippen LogP contribution in [0.4, 0.5) is 0 Å². The monoisotopic (exact) mass is 490 g/mol. The van der Waals surface area contributed by atoms with Gasteiger partial charge < -0.3 is 19.6 Å². The van der Waals surface area contributed by atoms with E-state index in [1.54, 1.807) is 29.2 Å². The molecule has 1 aliphatic rings. The van der Waals surface area contributed by atoms with Gasteiger partial charge in [0.15, 0.2) is 0 Å². The summed E-state index contributed by atoms with van der Waals surface area (Å²) >= 11 is 1.47. The maximum atomic E-state index is 13.0. The molecule has 0 unspecified atom stereocenters. The average Bonchev–Trinajstić information content (AvgIpc) is 3.45. The number of thiophene rings is 1. The van der Waals surface area contributed by atoms with Crippen molar-refractivity contribution >= 4 is 28.8 Å². The molecule has 1 aromatic heterocycles. The normalized spacial score (nSPS) is 17.4. The highest BCUT2D eigenvalue weighted by Gasteiger charge is 2.46. The van der Waals surface area contributed by atoms with Crippen LogP contribution in [0.15, 0.2) is 71.6 Å². The molecule has 7 heteroatoms. The number of likely N-dealkylation sites (tertiary alicyclic amines) is 1. The molecule has 1 saturated heterocycles. The lowest BCUT2D eigenvalue weighted by Gasteiger charge is -2.24. The lowest BCUT2D eigenvalue weighted by atomic mass is 10.00. The Bertz CT molecular complexity index is 1220. The number of benzene rings is 2. The first kappa shape index (κ1) is 24.7. The number of carbonyl (C=O) groups is 2. The van der Waals surface area contributed by atoms with Crippen LogP contribution in [0.25, 0.3) is 5.76 Å². The van der Waals surface area contributed by atoms with E-state index >= 15 is 0 Å². The zero-order valence-electron chi connectivity index (χ0n) is 20.2. The fourth-order valence-electron chi connectivity index (χ4n) is 4.24. The summed E-state index contributed by atoms with van der Waals surface area (Å²) in [6.07, 6.45) is 0.731. The molecule has 0 spiro atoms. The number of carbonyl (C=O) groups excluding carboxylic acids is 2. The van der Waals surface area contributed by atoms with E-state index in [-0.39, 0.29) is 11.3 Å². The number of hydrogen-bond acceptors (Lipinski definition) is 6. The third-order valence-electron chi connectivity index (χ3n) is 5.97. The van der Waals surface area contributed by atoms with Gasteiger partial charge in [-0.3, -0.25) is 9.59 Å². The Balaban J connectivity index is 1.58. The van der Waals surface area contributed by atoms with E-state index in [4.69, 9.17) is 4.74 Å². The van der Waals surface area contributed by atoms with E-state index in [1.165, 1.54) is 16.9 Å². The number of ether oxygens (including phenoxy) is 1. The van der Waals surface area contributed by atoms with Crippen molar-refractivity contribution in [2.45, 2.75) is 26.0 Å². The van der Waals surface area contributed by atoms with Gasteiger partial charge >= 0.3 is 0 Å². The standard InChI is InChI=1S/C28H30N2O4S/c1-19-7-4-8-20(17-19)18-34-22-12-10-21(11-13-22)26(31)24-25(23-9-5-16-35-23)30(28(33)27(24)32)15-6-14-29(2)3/h4-5,7-13,16-17,25,31H,6,14-15,18H2,1-3H3/t25-/m1/s1. The highest BCUT2D eigenvalue weighted by Crippen LogP contribution is 2.41. The number of rotatable bonds is 9. The van der Waals surface area contributed by atoms with E-state index in [2.05, 4.69) is 6.07 Å². The topological polar surface area (TPSA) is 70.1 Å². The smallest absolute Gasteiger partial charge is 0.295 e. The summed E-state index contributed by atoms with van der Waals surface area (Å²) in [6, 6.07) is 18.3. The van der Waals surface area contributed by atoms with Crippen LogP contribution in [0.5, 0.6) is 5.75 Å². The third-order valence-corrected chi connectivity index (χ3v) is 6.90. The molecule has 0 bridgehead atoms. The molecule has 6 nitrogen and oxygen atoms in total. The predicted octanol–water partition coefficient (Wildman–Crippen LogP) is 5.01. The van der Waals surface area contributed by atoms with Crippen molar-refractivity contribution in [3.05, 3.63) is 93.2 Å². The molecule has 1 atom stereocenters. The Morgan fingerprint density at radius 2 is 1.86 bits per heavy atom. The van der Waals surface area contributed by atoms with E-state index in [1.807, 2.05) is 61.6 Å². The first-order valence-electron chi connectivity index (χ1n) is 11.6. The molecule has 1 N–H and O–H groups in total. The average molecular weight is 491 g/mol. The molecule has 1 aliphatic heterocycles. The van der Waals surface area contributed by atoms with E-state index in [9.17, 15) is 14.7 Å². The van der Waals surface area contributed by atoms with Crippen LogP contribution in [0.3, 0.4) is 0 Å². The van der Waals surface area contributed by atoms with Crippen LogP contribution in [0.1, 0.15) is 34.0 Å². The van der Waals surface area contributed by atoms with Gasteiger partial charge in [-0.2, -0.15) is 0 Å². The largest absolute Gasteiger partial charge is 0.507 e. The van der Waals surface area contributed by atoms with Crippen molar-refractivity contribution in [2.75, 3.05) is 27.2 Å². The molecular formula is C28H30N2O4S. The van der Waals surface area contributed by atoms with Crippen molar-refractivity contribution in [3.63, 3.8) is 0 Å². The molecule has 3 aromatic rings. The Labute approximate surface area is 210 Å².